The molecule has 0 unspecified atom stereocenters. The molecule has 0 aliphatic carbocycles. The van der Waals surface area contributed by atoms with E-state index in [0.29, 0.717) is 22.2 Å². The second kappa shape index (κ2) is 6.98. The summed E-state index contributed by atoms with van der Waals surface area (Å²) in [4.78, 5) is 14.1. The van der Waals surface area contributed by atoms with Crippen molar-refractivity contribution < 1.29 is 4.79 Å². The van der Waals surface area contributed by atoms with Crippen LogP contribution in [-0.2, 0) is 6.54 Å². The highest BCUT2D eigenvalue weighted by Crippen LogP contribution is 2.22. The van der Waals surface area contributed by atoms with E-state index in [1.807, 2.05) is 6.07 Å². The van der Waals surface area contributed by atoms with Crippen LogP contribution < -0.4 is 0 Å². The Labute approximate surface area is 148 Å². The van der Waals surface area contributed by atoms with Crippen LogP contribution >= 0.6 is 23.2 Å². The lowest BCUT2D eigenvalue weighted by Crippen LogP contribution is -2.26. The molecule has 0 fully saturated rings. The molecule has 1 aromatic heterocycles. The number of amides is 1. The zero-order chi connectivity index (χ0) is 17.1. The molecule has 1 amide bonds. The first kappa shape index (κ1) is 16.4. The Morgan fingerprint density at radius 1 is 1.17 bits per heavy atom. The molecule has 8 heteroatoms. The lowest BCUT2D eigenvalue weighted by molar-refractivity contribution is 0.0785. The number of carbonyl (C=O) groups is 1. The molecular weight excluding hydrogens is 349 g/mol. The molecule has 0 saturated heterocycles. The molecule has 0 bridgehead atoms. The van der Waals surface area contributed by atoms with Crippen molar-refractivity contribution in [3.63, 3.8) is 0 Å². The Balaban J connectivity index is 1.73. The summed E-state index contributed by atoms with van der Waals surface area (Å²) in [7, 11) is 1.72. The number of hydrogen-bond donors (Lipinski definition) is 0. The van der Waals surface area contributed by atoms with Crippen LogP contribution in [0.3, 0.4) is 0 Å². The molecule has 3 rings (SSSR count). The molecular formula is C16H13Cl2N5O. The van der Waals surface area contributed by atoms with E-state index < -0.39 is 0 Å². The molecule has 0 spiro atoms. The standard InChI is InChI=1S/C16H13Cl2N5O/c1-22(9-12-2-5-13(17)8-15(12)18)16(24)11-3-6-14(7-4-11)23-10-19-20-21-23/h2-8,10H,9H2,1H3. The zero-order valence-electron chi connectivity index (χ0n) is 12.7. The Bertz CT molecular complexity index is 849. The summed E-state index contributed by atoms with van der Waals surface area (Å²) < 4.78 is 1.52. The molecule has 0 N–H and O–H groups in total. The molecule has 2 aromatic carbocycles. The van der Waals surface area contributed by atoms with E-state index in [1.54, 1.807) is 48.3 Å². The lowest BCUT2D eigenvalue weighted by atomic mass is 10.1. The molecule has 0 atom stereocenters. The number of benzene rings is 2. The summed E-state index contributed by atoms with van der Waals surface area (Å²) >= 11 is 12.0. The molecule has 0 aliphatic heterocycles. The van der Waals surface area contributed by atoms with Crippen LogP contribution in [0.4, 0.5) is 0 Å². The fourth-order valence-corrected chi connectivity index (χ4v) is 2.70. The molecule has 122 valence electrons. The average molecular weight is 362 g/mol. The summed E-state index contributed by atoms with van der Waals surface area (Å²) in [6.07, 6.45) is 1.49. The van der Waals surface area contributed by atoms with Crippen LogP contribution in [0.5, 0.6) is 0 Å². The molecule has 0 radical (unpaired) electrons. The van der Waals surface area contributed by atoms with Crippen molar-refractivity contribution >= 4 is 29.1 Å². The average Bonchev–Trinajstić information content (AvgIpc) is 3.11. The molecule has 0 aliphatic rings. The highest BCUT2D eigenvalue weighted by Gasteiger charge is 2.14. The lowest BCUT2D eigenvalue weighted by Gasteiger charge is -2.18. The molecule has 24 heavy (non-hydrogen) atoms. The number of tetrazole rings is 1. The van der Waals surface area contributed by atoms with Gasteiger partial charge in [-0.05, 0) is 52.4 Å². The van der Waals surface area contributed by atoms with Crippen LogP contribution in [0.1, 0.15) is 15.9 Å². The van der Waals surface area contributed by atoms with Gasteiger partial charge in [-0.3, -0.25) is 4.79 Å². The van der Waals surface area contributed by atoms with Crippen LogP contribution in [-0.4, -0.2) is 38.1 Å². The number of hydrogen-bond acceptors (Lipinski definition) is 4. The van der Waals surface area contributed by atoms with Crippen molar-refractivity contribution in [2.45, 2.75) is 6.54 Å². The number of nitrogens with zero attached hydrogens (tertiary/aromatic N) is 5. The topological polar surface area (TPSA) is 63.9 Å². The van der Waals surface area contributed by atoms with Gasteiger partial charge in [0.25, 0.3) is 5.91 Å². The molecule has 3 aromatic rings. The highest BCUT2D eigenvalue weighted by atomic mass is 35.5. The van der Waals surface area contributed by atoms with Crippen molar-refractivity contribution in [3.8, 4) is 5.69 Å². The summed E-state index contributed by atoms with van der Waals surface area (Å²) in [5, 5.41) is 12.1. The van der Waals surface area contributed by atoms with E-state index in [9.17, 15) is 4.79 Å². The normalized spacial score (nSPS) is 10.6. The Morgan fingerprint density at radius 3 is 2.54 bits per heavy atom. The van der Waals surface area contributed by atoms with Crippen molar-refractivity contribution in [3.05, 3.63) is 70.0 Å². The van der Waals surface area contributed by atoms with Crippen LogP contribution in [0.25, 0.3) is 5.69 Å². The van der Waals surface area contributed by atoms with Crippen LogP contribution in [0.2, 0.25) is 10.0 Å². The van der Waals surface area contributed by atoms with Gasteiger partial charge in [0.2, 0.25) is 0 Å². The second-order valence-corrected chi connectivity index (χ2v) is 6.04. The summed E-state index contributed by atoms with van der Waals surface area (Å²) in [5.41, 5.74) is 2.18. The van der Waals surface area contributed by atoms with E-state index >= 15 is 0 Å². The largest absolute Gasteiger partial charge is 0.337 e. The third kappa shape index (κ3) is 3.55. The van der Waals surface area contributed by atoms with Gasteiger partial charge in [0.1, 0.15) is 6.33 Å². The third-order valence-corrected chi connectivity index (χ3v) is 4.08. The minimum atomic E-state index is -0.107. The predicted molar refractivity (Wildman–Crippen MR) is 91.4 cm³/mol. The number of rotatable bonds is 4. The Hall–Kier alpha value is -2.44. The van der Waals surface area contributed by atoms with E-state index in [4.69, 9.17) is 23.2 Å². The van der Waals surface area contributed by atoms with Gasteiger partial charge in [-0.2, -0.15) is 0 Å². The van der Waals surface area contributed by atoms with E-state index in [-0.39, 0.29) is 5.91 Å². The van der Waals surface area contributed by atoms with Crippen molar-refractivity contribution in [1.29, 1.82) is 0 Å². The summed E-state index contributed by atoms with van der Waals surface area (Å²) in [5.74, 6) is -0.107. The quantitative estimate of drug-likeness (QED) is 0.715. The van der Waals surface area contributed by atoms with Crippen LogP contribution in [0.15, 0.2) is 48.8 Å². The first-order chi connectivity index (χ1) is 11.5. The van der Waals surface area contributed by atoms with Gasteiger partial charge in [-0.25, -0.2) is 4.68 Å². The first-order valence-electron chi connectivity index (χ1n) is 7.07. The van der Waals surface area contributed by atoms with Crippen molar-refractivity contribution in [1.82, 2.24) is 25.1 Å². The van der Waals surface area contributed by atoms with E-state index in [2.05, 4.69) is 15.5 Å². The zero-order valence-corrected chi connectivity index (χ0v) is 14.2. The van der Waals surface area contributed by atoms with Gasteiger partial charge in [-0.15, -0.1) is 5.10 Å². The van der Waals surface area contributed by atoms with Crippen LogP contribution in [0, 0.1) is 0 Å². The fourth-order valence-electron chi connectivity index (χ4n) is 2.23. The number of aromatic nitrogens is 4. The van der Waals surface area contributed by atoms with Crippen molar-refractivity contribution in [2.24, 2.45) is 0 Å². The first-order valence-corrected chi connectivity index (χ1v) is 7.83. The monoisotopic (exact) mass is 361 g/mol. The number of carbonyl (C=O) groups excluding carboxylic acids is 1. The van der Waals surface area contributed by atoms with E-state index in [1.165, 1.54) is 11.0 Å². The van der Waals surface area contributed by atoms with Gasteiger partial charge in [0, 0.05) is 29.2 Å². The second-order valence-electron chi connectivity index (χ2n) is 5.20. The van der Waals surface area contributed by atoms with Gasteiger partial charge in [0.05, 0.1) is 5.69 Å². The van der Waals surface area contributed by atoms with Crippen molar-refractivity contribution in [2.75, 3.05) is 7.05 Å². The molecule has 6 nitrogen and oxygen atoms in total. The third-order valence-electron chi connectivity index (χ3n) is 3.50. The molecule has 0 saturated carbocycles. The maximum atomic E-state index is 12.5. The minimum Gasteiger partial charge on any atom is -0.337 e. The number of halogens is 2. The Kier molecular flexibility index (Phi) is 4.78. The molecule has 1 heterocycles. The summed E-state index contributed by atoms with van der Waals surface area (Å²) in [6, 6.07) is 12.3. The minimum absolute atomic E-state index is 0.107. The highest BCUT2D eigenvalue weighted by molar-refractivity contribution is 6.35. The maximum absolute atomic E-state index is 12.5. The predicted octanol–water partition coefficient (Wildman–Crippen LogP) is 3.24. The SMILES string of the molecule is CN(Cc1ccc(Cl)cc1Cl)C(=O)c1ccc(-n2cnnn2)cc1. The van der Waals surface area contributed by atoms with E-state index in [0.717, 1.165) is 11.3 Å². The van der Waals surface area contributed by atoms with Gasteiger partial charge >= 0.3 is 0 Å². The maximum Gasteiger partial charge on any atom is 0.253 e. The Morgan fingerprint density at radius 2 is 1.92 bits per heavy atom. The van der Waals surface area contributed by atoms with Gasteiger partial charge < -0.3 is 4.90 Å². The fraction of sp³-hybridized carbons (Fsp3) is 0.125. The smallest absolute Gasteiger partial charge is 0.253 e. The van der Waals surface area contributed by atoms with Gasteiger partial charge in [-0.1, -0.05) is 29.3 Å². The summed E-state index contributed by atoms with van der Waals surface area (Å²) in [6.45, 7) is 0.392. The van der Waals surface area contributed by atoms with Gasteiger partial charge in [0.15, 0.2) is 0 Å².